The lowest BCUT2D eigenvalue weighted by Gasteiger charge is -2.01. The van der Waals surface area contributed by atoms with Gasteiger partial charge in [0, 0.05) is 11.8 Å². The SMILES string of the molecule is Fc1cncc(-c2ccc(Cl)c(Cl)n2)c1. The molecule has 0 fully saturated rings. The molecule has 2 aromatic heterocycles. The number of aromatic nitrogens is 2. The topological polar surface area (TPSA) is 25.8 Å². The summed E-state index contributed by atoms with van der Waals surface area (Å²) in [5.74, 6) is -0.416. The molecular weight excluding hydrogens is 238 g/mol. The third-order valence-electron chi connectivity index (χ3n) is 1.80. The summed E-state index contributed by atoms with van der Waals surface area (Å²) in [7, 11) is 0. The molecule has 0 aliphatic carbocycles. The minimum absolute atomic E-state index is 0.193. The van der Waals surface area contributed by atoms with Crippen LogP contribution in [-0.2, 0) is 0 Å². The van der Waals surface area contributed by atoms with E-state index in [2.05, 4.69) is 9.97 Å². The second-order valence-corrected chi connectivity index (χ2v) is 3.63. The van der Waals surface area contributed by atoms with Crippen LogP contribution in [0.25, 0.3) is 11.3 Å². The predicted molar refractivity (Wildman–Crippen MR) is 57.4 cm³/mol. The summed E-state index contributed by atoms with van der Waals surface area (Å²) >= 11 is 11.5. The lowest BCUT2D eigenvalue weighted by Crippen LogP contribution is -1.87. The van der Waals surface area contributed by atoms with Crippen LogP contribution in [0, 0.1) is 5.82 Å². The summed E-state index contributed by atoms with van der Waals surface area (Å²) in [5, 5.41) is 0.559. The summed E-state index contributed by atoms with van der Waals surface area (Å²) in [6.45, 7) is 0. The van der Waals surface area contributed by atoms with E-state index in [9.17, 15) is 4.39 Å². The van der Waals surface area contributed by atoms with Crippen LogP contribution in [0.1, 0.15) is 0 Å². The van der Waals surface area contributed by atoms with Crippen molar-refractivity contribution in [3.8, 4) is 11.3 Å². The first-order chi connectivity index (χ1) is 7.16. The van der Waals surface area contributed by atoms with Gasteiger partial charge in [-0.1, -0.05) is 23.2 Å². The molecule has 5 heteroatoms. The normalized spacial score (nSPS) is 10.3. The predicted octanol–water partition coefficient (Wildman–Crippen LogP) is 3.59. The molecule has 2 aromatic rings. The molecule has 2 rings (SSSR count). The van der Waals surface area contributed by atoms with E-state index in [0.717, 1.165) is 6.20 Å². The fourth-order valence-corrected chi connectivity index (χ4v) is 1.39. The lowest BCUT2D eigenvalue weighted by molar-refractivity contribution is 0.622. The zero-order valence-corrected chi connectivity index (χ0v) is 8.93. The van der Waals surface area contributed by atoms with E-state index in [1.165, 1.54) is 12.3 Å². The van der Waals surface area contributed by atoms with E-state index in [-0.39, 0.29) is 5.15 Å². The van der Waals surface area contributed by atoms with Crippen LogP contribution in [0.2, 0.25) is 10.2 Å². The Morgan fingerprint density at radius 1 is 1.13 bits per heavy atom. The van der Waals surface area contributed by atoms with Gasteiger partial charge in [-0.15, -0.1) is 0 Å². The summed E-state index contributed by atoms with van der Waals surface area (Å²) < 4.78 is 12.9. The van der Waals surface area contributed by atoms with Gasteiger partial charge < -0.3 is 0 Å². The number of hydrogen-bond acceptors (Lipinski definition) is 2. The van der Waals surface area contributed by atoms with Crippen LogP contribution in [-0.4, -0.2) is 9.97 Å². The number of hydrogen-bond donors (Lipinski definition) is 0. The Hall–Kier alpha value is -1.19. The maximum atomic E-state index is 12.9. The number of nitrogens with zero attached hydrogens (tertiary/aromatic N) is 2. The highest BCUT2D eigenvalue weighted by atomic mass is 35.5. The van der Waals surface area contributed by atoms with Crippen molar-refractivity contribution in [2.24, 2.45) is 0 Å². The van der Waals surface area contributed by atoms with Crippen molar-refractivity contribution >= 4 is 23.2 Å². The quantitative estimate of drug-likeness (QED) is 0.715. The lowest BCUT2D eigenvalue weighted by atomic mass is 10.2. The second kappa shape index (κ2) is 4.13. The van der Waals surface area contributed by atoms with Gasteiger partial charge in [-0.2, -0.15) is 0 Å². The number of pyridine rings is 2. The third-order valence-corrected chi connectivity index (χ3v) is 2.49. The van der Waals surface area contributed by atoms with Gasteiger partial charge in [0.15, 0.2) is 0 Å². The molecule has 0 spiro atoms. The second-order valence-electron chi connectivity index (χ2n) is 2.86. The van der Waals surface area contributed by atoms with E-state index in [1.807, 2.05) is 0 Å². The molecule has 76 valence electrons. The van der Waals surface area contributed by atoms with Gasteiger partial charge in [0.05, 0.1) is 16.9 Å². The average Bonchev–Trinajstić information content (AvgIpc) is 2.22. The Morgan fingerprint density at radius 2 is 1.93 bits per heavy atom. The molecule has 0 unspecified atom stereocenters. The van der Waals surface area contributed by atoms with Gasteiger partial charge in [-0.05, 0) is 18.2 Å². The Bertz CT molecular complexity index is 503. The molecule has 2 nitrogen and oxygen atoms in total. The van der Waals surface area contributed by atoms with E-state index in [0.29, 0.717) is 16.3 Å². The molecule has 0 aromatic carbocycles. The molecule has 0 bridgehead atoms. The highest BCUT2D eigenvalue weighted by molar-refractivity contribution is 6.41. The Morgan fingerprint density at radius 3 is 2.60 bits per heavy atom. The molecule has 0 amide bonds. The van der Waals surface area contributed by atoms with Crippen LogP contribution in [0.15, 0.2) is 30.6 Å². The highest BCUT2D eigenvalue weighted by Gasteiger charge is 2.04. The van der Waals surface area contributed by atoms with Crippen molar-refractivity contribution in [3.63, 3.8) is 0 Å². The highest BCUT2D eigenvalue weighted by Crippen LogP contribution is 2.24. The zero-order chi connectivity index (χ0) is 10.8. The molecule has 0 N–H and O–H groups in total. The van der Waals surface area contributed by atoms with Crippen molar-refractivity contribution in [2.45, 2.75) is 0 Å². The molecule has 0 atom stereocenters. The van der Waals surface area contributed by atoms with E-state index in [1.54, 1.807) is 12.1 Å². The summed E-state index contributed by atoms with van der Waals surface area (Å²) in [6, 6.07) is 4.60. The maximum Gasteiger partial charge on any atom is 0.148 e. The van der Waals surface area contributed by atoms with Gasteiger partial charge in [-0.3, -0.25) is 4.98 Å². The van der Waals surface area contributed by atoms with Crippen LogP contribution < -0.4 is 0 Å². The Labute approximate surface area is 95.7 Å². The van der Waals surface area contributed by atoms with Crippen molar-refractivity contribution in [3.05, 3.63) is 46.6 Å². The van der Waals surface area contributed by atoms with Crippen molar-refractivity contribution in [1.82, 2.24) is 9.97 Å². The van der Waals surface area contributed by atoms with Gasteiger partial charge in [0.1, 0.15) is 11.0 Å². The van der Waals surface area contributed by atoms with Gasteiger partial charge in [-0.25, -0.2) is 9.37 Å². The fraction of sp³-hybridized carbons (Fsp3) is 0. The minimum Gasteiger partial charge on any atom is -0.261 e. The van der Waals surface area contributed by atoms with Crippen LogP contribution in [0.3, 0.4) is 0 Å². The van der Waals surface area contributed by atoms with Crippen molar-refractivity contribution in [2.75, 3.05) is 0 Å². The summed E-state index contributed by atoms with van der Waals surface area (Å²) in [4.78, 5) is 7.73. The fourth-order valence-electron chi connectivity index (χ4n) is 1.13. The molecule has 0 saturated carbocycles. The maximum absolute atomic E-state index is 12.9. The molecule has 0 saturated heterocycles. The summed E-state index contributed by atoms with van der Waals surface area (Å²) in [5.41, 5.74) is 1.10. The Kier molecular flexibility index (Phi) is 2.84. The minimum atomic E-state index is -0.416. The van der Waals surface area contributed by atoms with Gasteiger partial charge >= 0.3 is 0 Å². The van der Waals surface area contributed by atoms with Gasteiger partial charge in [0.2, 0.25) is 0 Å². The van der Waals surface area contributed by atoms with Crippen LogP contribution in [0.5, 0.6) is 0 Å². The third kappa shape index (κ3) is 2.25. The first kappa shape index (κ1) is 10.3. The van der Waals surface area contributed by atoms with Crippen LogP contribution in [0.4, 0.5) is 4.39 Å². The van der Waals surface area contributed by atoms with Crippen LogP contribution >= 0.6 is 23.2 Å². The Balaban J connectivity index is 2.50. The standard InChI is InChI=1S/C10H5Cl2FN2/c11-8-1-2-9(15-10(8)12)6-3-7(13)5-14-4-6/h1-5H. The molecule has 15 heavy (non-hydrogen) atoms. The first-order valence-corrected chi connectivity index (χ1v) is 4.85. The van der Waals surface area contributed by atoms with E-state index in [4.69, 9.17) is 23.2 Å². The monoisotopic (exact) mass is 242 g/mol. The smallest absolute Gasteiger partial charge is 0.148 e. The molecular formula is C10H5Cl2FN2. The van der Waals surface area contributed by atoms with E-state index >= 15 is 0 Å². The molecule has 0 aliphatic heterocycles. The summed E-state index contributed by atoms with van der Waals surface area (Å²) in [6.07, 6.45) is 2.64. The number of rotatable bonds is 1. The van der Waals surface area contributed by atoms with Crippen molar-refractivity contribution in [1.29, 1.82) is 0 Å². The molecule has 2 heterocycles. The van der Waals surface area contributed by atoms with Crippen molar-refractivity contribution < 1.29 is 4.39 Å². The number of halogens is 3. The zero-order valence-electron chi connectivity index (χ0n) is 7.42. The average molecular weight is 243 g/mol. The first-order valence-electron chi connectivity index (χ1n) is 4.10. The van der Waals surface area contributed by atoms with E-state index < -0.39 is 5.82 Å². The molecule has 0 radical (unpaired) electrons. The van der Waals surface area contributed by atoms with Gasteiger partial charge in [0.25, 0.3) is 0 Å². The largest absolute Gasteiger partial charge is 0.261 e. The molecule has 0 aliphatic rings.